The molecule has 2 unspecified atom stereocenters. The summed E-state index contributed by atoms with van der Waals surface area (Å²) >= 11 is 0. The average Bonchev–Trinajstić information content (AvgIpc) is 2.67. The molecule has 1 saturated heterocycles. The van der Waals surface area contributed by atoms with Gasteiger partial charge in [-0.2, -0.15) is 0 Å². The van der Waals surface area contributed by atoms with Gasteiger partial charge in [0.25, 0.3) is 5.91 Å². The van der Waals surface area contributed by atoms with Gasteiger partial charge in [0.05, 0.1) is 5.69 Å². The Labute approximate surface area is 147 Å². The average molecular weight is 338 g/mol. The van der Waals surface area contributed by atoms with Crippen LogP contribution >= 0.6 is 0 Å². The number of hydrogen-bond donors (Lipinski definition) is 0. The Kier molecular flexibility index (Phi) is 4.51. The number of carbonyl (C=O) groups excluding carboxylic acids is 1. The van der Waals surface area contributed by atoms with E-state index in [9.17, 15) is 9.18 Å². The van der Waals surface area contributed by atoms with E-state index >= 15 is 0 Å². The van der Waals surface area contributed by atoms with E-state index in [0.717, 1.165) is 19.4 Å². The van der Waals surface area contributed by atoms with E-state index in [-0.39, 0.29) is 11.7 Å². The second kappa shape index (κ2) is 6.95. The Morgan fingerprint density at radius 1 is 1.00 bits per heavy atom. The normalized spacial score (nSPS) is 23.2. The van der Waals surface area contributed by atoms with Crippen LogP contribution < -0.4 is 0 Å². The Balaban J connectivity index is 1.62. The third-order valence-corrected chi connectivity index (χ3v) is 5.62. The third-order valence-electron chi connectivity index (χ3n) is 5.62. The third kappa shape index (κ3) is 3.17. The summed E-state index contributed by atoms with van der Waals surface area (Å²) in [5, 5.41) is 0. The molecule has 1 amide bonds. The molecule has 4 rings (SSSR count). The number of piperidine rings is 1. The van der Waals surface area contributed by atoms with Crippen molar-refractivity contribution in [1.82, 2.24) is 9.88 Å². The molecule has 2 aromatic rings. The van der Waals surface area contributed by atoms with Crippen molar-refractivity contribution in [3.05, 3.63) is 54.0 Å². The summed E-state index contributed by atoms with van der Waals surface area (Å²) in [5.41, 5.74) is 1.37. The van der Waals surface area contributed by atoms with Crippen molar-refractivity contribution < 1.29 is 9.18 Å². The lowest BCUT2D eigenvalue weighted by Gasteiger charge is -2.44. The maximum absolute atomic E-state index is 14.0. The Bertz CT molecular complexity index is 774. The second-order valence-electron chi connectivity index (χ2n) is 7.14. The molecular weight excluding hydrogens is 315 g/mol. The molecule has 1 saturated carbocycles. The lowest BCUT2D eigenvalue weighted by Crippen LogP contribution is -2.49. The van der Waals surface area contributed by atoms with Crippen molar-refractivity contribution >= 4 is 5.91 Å². The number of pyridine rings is 1. The van der Waals surface area contributed by atoms with Gasteiger partial charge in [-0.25, -0.2) is 9.37 Å². The van der Waals surface area contributed by atoms with Crippen LogP contribution in [0.3, 0.4) is 0 Å². The highest BCUT2D eigenvalue weighted by Gasteiger charge is 2.36. The highest BCUT2D eigenvalue weighted by atomic mass is 19.1. The quantitative estimate of drug-likeness (QED) is 0.796. The monoisotopic (exact) mass is 338 g/mol. The number of benzene rings is 1. The maximum atomic E-state index is 14.0. The van der Waals surface area contributed by atoms with Crippen LogP contribution in [0, 0.1) is 11.7 Å². The summed E-state index contributed by atoms with van der Waals surface area (Å²) in [7, 11) is 0. The number of aromatic nitrogens is 1. The number of nitrogens with zero attached hydrogens (tertiary/aromatic N) is 2. The minimum absolute atomic E-state index is 0.00482. The van der Waals surface area contributed by atoms with E-state index in [1.807, 2.05) is 4.90 Å². The number of hydrogen-bond acceptors (Lipinski definition) is 2. The van der Waals surface area contributed by atoms with E-state index in [1.54, 1.807) is 36.4 Å². The van der Waals surface area contributed by atoms with Crippen molar-refractivity contribution in [3.8, 4) is 11.3 Å². The zero-order valence-corrected chi connectivity index (χ0v) is 14.3. The molecule has 1 aromatic heterocycles. The van der Waals surface area contributed by atoms with Crippen LogP contribution in [-0.4, -0.2) is 28.4 Å². The van der Waals surface area contributed by atoms with Crippen LogP contribution in [0.15, 0.2) is 42.5 Å². The van der Waals surface area contributed by atoms with E-state index in [1.165, 1.54) is 31.7 Å². The fourth-order valence-electron chi connectivity index (χ4n) is 4.40. The molecule has 3 nitrogen and oxygen atoms in total. The molecule has 4 heteroatoms. The first-order valence-corrected chi connectivity index (χ1v) is 9.27. The van der Waals surface area contributed by atoms with Gasteiger partial charge in [0, 0.05) is 18.2 Å². The van der Waals surface area contributed by atoms with Crippen molar-refractivity contribution in [1.29, 1.82) is 0 Å². The number of likely N-dealkylation sites (tertiary alicyclic amines) is 1. The molecule has 0 bridgehead atoms. The highest BCUT2D eigenvalue weighted by Crippen LogP contribution is 2.36. The van der Waals surface area contributed by atoms with Gasteiger partial charge in [-0.15, -0.1) is 0 Å². The van der Waals surface area contributed by atoms with Crippen LogP contribution in [0.2, 0.25) is 0 Å². The lowest BCUT2D eigenvalue weighted by atomic mass is 9.78. The van der Waals surface area contributed by atoms with Gasteiger partial charge in [-0.3, -0.25) is 4.79 Å². The van der Waals surface area contributed by atoms with E-state index in [0.29, 0.717) is 28.9 Å². The van der Waals surface area contributed by atoms with Crippen molar-refractivity contribution in [2.24, 2.45) is 5.92 Å². The van der Waals surface area contributed by atoms with Gasteiger partial charge in [0.15, 0.2) is 0 Å². The van der Waals surface area contributed by atoms with Crippen LogP contribution in [0.1, 0.15) is 49.0 Å². The van der Waals surface area contributed by atoms with Gasteiger partial charge in [-0.1, -0.05) is 31.0 Å². The summed E-state index contributed by atoms with van der Waals surface area (Å²) < 4.78 is 14.0. The molecule has 2 heterocycles. The molecule has 2 fully saturated rings. The maximum Gasteiger partial charge on any atom is 0.272 e. The molecule has 1 aromatic carbocycles. The predicted molar refractivity (Wildman–Crippen MR) is 95.6 cm³/mol. The molecule has 0 spiro atoms. The number of fused-ring (bicyclic) bond motifs is 1. The standard InChI is InChI=1S/C21H23FN2O/c22-17-10-3-2-9-16(17)18-11-5-12-19(23-18)21(25)24-14-6-8-15-7-1-4-13-20(15)24/h2-3,5,9-12,15,20H,1,4,6-8,13-14H2. The number of amides is 1. The van der Waals surface area contributed by atoms with Gasteiger partial charge in [0.1, 0.15) is 11.5 Å². The van der Waals surface area contributed by atoms with Gasteiger partial charge < -0.3 is 4.90 Å². The Morgan fingerprint density at radius 2 is 1.80 bits per heavy atom. The molecule has 0 radical (unpaired) electrons. The zero-order chi connectivity index (χ0) is 17.2. The summed E-state index contributed by atoms with van der Waals surface area (Å²) in [6, 6.07) is 12.2. The SMILES string of the molecule is O=C(c1cccc(-c2ccccc2F)n1)N1CCCC2CCCCC21. The predicted octanol–water partition coefficient (Wildman–Crippen LogP) is 4.68. The van der Waals surface area contributed by atoms with Gasteiger partial charge >= 0.3 is 0 Å². The zero-order valence-electron chi connectivity index (χ0n) is 14.3. The molecule has 2 aliphatic rings. The molecule has 1 aliphatic heterocycles. The Morgan fingerprint density at radius 3 is 2.68 bits per heavy atom. The van der Waals surface area contributed by atoms with Gasteiger partial charge in [-0.05, 0) is 55.9 Å². The van der Waals surface area contributed by atoms with Crippen LogP contribution in [0.4, 0.5) is 4.39 Å². The van der Waals surface area contributed by atoms with Crippen molar-refractivity contribution in [3.63, 3.8) is 0 Å². The molecule has 1 aliphatic carbocycles. The Hall–Kier alpha value is -2.23. The first-order chi connectivity index (χ1) is 12.2. The first kappa shape index (κ1) is 16.2. The van der Waals surface area contributed by atoms with Crippen molar-refractivity contribution in [2.45, 2.75) is 44.6 Å². The smallest absolute Gasteiger partial charge is 0.272 e. The summed E-state index contributed by atoms with van der Waals surface area (Å²) in [5.74, 6) is 0.320. The number of rotatable bonds is 2. The van der Waals surface area contributed by atoms with Crippen LogP contribution in [0.25, 0.3) is 11.3 Å². The minimum atomic E-state index is -0.315. The summed E-state index contributed by atoms with van der Waals surface area (Å²) in [4.78, 5) is 19.6. The molecule has 130 valence electrons. The molecule has 25 heavy (non-hydrogen) atoms. The lowest BCUT2D eigenvalue weighted by molar-refractivity contribution is 0.0385. The van der Waals surface area contributed by atoms with Gasteiger partial charge in [0.2, 0.25) is 0 Å². The fraction of sp³-hybridized carbons (Fsp3) is 0.429. The minimum Gasteiger partial charge on any atom is -0.334 e. The number of carbonyl (C=O) groups is 1. The molecular formula is C21H23FN2O. The first-order valence-electron chi connectivity index (χ1n) is 9.27. The molecule has 0 N–H and O–H groups in total. The number of halogens is 1. The second-order valence-corrected chi connectivity index (χ2v) is 7.14. The van der Waals surface area contributed by atoms with Crippen LogP contribution in [0.5, 0.6) is 0 Å². The van der Waals surface area contributed by atoms with E-state index in [2.05, 4.69) is 4.98 Å². The summed E-state index contributed by atoms with van der Waals surface area (Å²) in [6.45, 7) is 0.811. The fourth-order valence-corrected chi connectivity index (χ4v) is 4.40. The van der Waals surface area contributed by atoms with E-state index in [4.69, 9.17) is 0 Å². The molecule has 2 atom stereocenters. The highest BCUT2D eigenvalue weighted by molar-refractivity contribution is 5.93. The summed E-state index contributed by atoms with van der Waals surface area (Å²) in [6.07, 6.45) is 7.12. The topological polar surface area (TPSA) is 33.2 Å². The van der Waals surface area contributed by atoms with E-state index < -0.39 is 0 Å². The van der Waals surface area contributed by atoms with Crippen molar-refractivity contribution in [2.75, 3.05) is 6.54 Å². The van der Waals surface area contributed by atoms with Crippen LogP contribution in [-0.2, 0) is 0 Å². The largest absolute Gasteiger partial charge is 0.334 e.